The summed E-state index contributed by atoms with van der Waals surface area (Å²) in [6.07, 6.45) is 3.54. The van der Waals surface area contributed by atoms with Gasteiger partial charge in [-0.2, -0.15) is 5.10 Å². The fourth-order valence-corrected chi connectivity index (χ4v) is 1.20. The minimum absolute atomic E-state index is 0.654. The maximum absolute atomic E-state index is 5.92. The van der Waals surface area contributed by atoms with Crippen molar-refractivity contribution >= 4 is 11.6 Å². The maximum atomic E-state index is 5.92. The third kappa shape index (κ3) is 1.21. The number of hydrogen-bond donors (Lipinski definition) is 0. The molecule has 12 heavy (non-hydrogen) atoms. The molecule has 0 fully saturated rings. The lowest BCUT2D eigenvalue weighted by atomic mass is 10.3. The van der Waals surface area contributed by atoms with Crippen LogP contribution < -0.4 is 0 Å². The molecule has 0 unspecified atom stereocenters. The first-order valence-electron chi connectivity index (χ1n) is 3.54. The van der Waals surface area contributed by atoms with Crippen molar-refractivity contribution in [3.8, 4) is 5.69 Å². The lowest BCUT2D eigenvalue weighted by Crippen LogP contribution is -1.94. The molecule has 0 aliphatic carbocycles. The van der Waals surface area contributed by atoms with Crippen LogP contribution in [0.5, 0.6) is 0 Å². The van der Waals surface area contributed by atoms with Crippen LogP contribution in [-0.4, -0.2) is 9.78 Å². The first-order valence-corrected chi connectivity index (χ1v) is 3.92. The molecule has 1 heterocycles. The largest absolute Gasteiger partial charge is 0.239 e. The Kier molecular flexibility index (Phi) is 1.84. The highest BCUT2D eigenvalue weighted by Gasteiger charge is 1.99. The Balaban J connectivity index is 2.55. The van der Waals surface area contributed by atoms with Gasteiger partial charge in [-0.3, -0.25) is 0 Å². The smallest absolute Gasteiger partial charge is 0.0910 e. The van der Waals surface area contributed by atoms with Crippen molar-refractivity contribution < 1.29 is 0 Å². The number of nitrogens with zero attached hydrogens (tertiary/aromatic N) is 2. The van der Waals surface area contributed by atoms with Crippen LogP contribution in [0.2, 0.25) is 5.02 Å². The Hall–Kier alpha value is -1.28. The van der Waals surface area contributed by atoms with Crippen LogP contribution in [0.1, 0.15) is 0 Å². The fourth-order valence-electron chi connectivity index (χ4n) is 0.984. The predicted molar refractivity (Wildman–Crippen MR) is 47.4 cm³/mol. The second-order valence-electron chi connectivity index (χ2n) is 2.32. The Morgan fingerprint density at radius 1 is 1.42 bits per heavy atom. The number of rotatable bonds is 1. The van der Waals surface area contributed by atoms with E-state index in [1.807, 2.05) is 30.5 Å². The van der Waals surface area contributed by atoms with E-state index in [-0.39, 0.29) is 0 Å². The fraction of sp³-hybridized carbons (Fsp3) is 0. The van der Waals surface area contributed by atoms with Gasteiger partial charge < -0.3 is 0 Å². The van der Waals surface area contributed by atoms with E-state index < -0.39 is 0 Å². The van der Waals surface area contributed by atoms with Gasteiger partial charge in [-0.05, 0) is 12.1 Å². The zero-order valence-corrected chi connectivity index (χ0v) is 6.99. The minimum Gasteiger partial charge on any atom is -0.239 e. The summed E-state index contributed by atoms with van der Waals surface area (Å²) < 4.78 is 1.68. The van der Waals surface area contributed by atoms with Crippen LogP contribution in [0, 0.1) is 6.07 Å². The van der Waals surface area contributed by atoms with E-state index in [1.165, 1.54) is 0 Å². The van der Waals surface area contributed by atoms with Crippen molar-refractivity contribution in [3.63, 3.8) is 0 Å². The SMILES string of the molecule is Clc1ccc[c]c1-n1cccn1. The molecule has 59 valence electrons. The second-order valence-corrected chi connectivity index (χ2v) is 2.72. The molecule has 0 saturated carbocycles. The maximum Gasteiger partial charge on any atom is 0.0910 e. The molecule has 0 aliphatic heterocycles. The monoisotopic (exact) mass is 177 g/mol. The van der Waals surface area contributed by atoms with Crippen LogP contribution in [-0.2, 0) is 0 Å². The van der Waals surface area contributed by atoms with Crippen molar-refractivity contribution in [3.05, 3.63) is 47.7 Å². The highest BCUT2D eigenvalue weighted by Crippen LogP contribution is 2.17. The standard InChI is InChI=1S/C9H6ClN2/c10-8-4-1-2-5-9(8)12-7-3-6-11-12/h1-4,6-7H. The lowest BCUT2D eigenvalue weighted by Gasteiger charge is -2.01. The first kappa shape index (κ1) is 7.37. The van der Waals surface area contributed by atoms with Crippen molar-refractivity contribution in [1.29, 1.82) is 0 Å². The van der Waals surface area contributed by atoms with Gasteiger partial charge in [0.2, 0.25) is 0 Å². The Morgan fingerprint density at radius 3 is 3.00 bits per heavy atom. The molecule has 0 amide bonds. The Morgan fingerprint density at radius 2 is 2.33 bits per heavy atom. The van der Waals surface area contributed by atoms with Gasteiger partial charge in [0.15, 0.2) is 0 Å². The molecule has 2 aromatic rings. The summed E-state index contributed by atoms with van der Waals surface area (Å²) in [4.78, 5) is 0. The van der Waals surface area contributed by atoms with Gasteiger partial charge in [0.1, 0.15) is 0 Å². The van der Waals surface area contributed by atoms with Gasteiger partial charge in [0.25, 0.3) is 0 Å². The van der Waals surface area contributed by atoms with E-state index in [0.29, 0.717) is 5.02 Å². The van der Waals surface area contributed by atoms with Crippen LogP contribution >= 0.6 is 11.6 Å². The molecule has 0 bridgehead atoms. The van der Waals surface area contributed by atoms with Crippen LogP contribution in [0.4, 0.5) is 0 Å². The lowest BCUT2D eigenvalue weighted by molar-refractivity contribution is 0.879. The van der Waals surface area contributed by atoms with Crippen molar-refractivity contribution in [2.75, 3.05) is 0 Å². The van der Waals surface area contributed by atoms with E-state index in [1.54, 1.807) is 10.9 Å². The molecular weight excluding hydrogens is 172 g/mol. The summed E-state index contributed by atoms with van der Waals surface area (Å²) in [5.41, 5.74) is 0.782. The predicted octanol–water partition coefficient (Wildman–Crippen LogP) is 2.33. The summed E-state index contributed by atoms with van der Waals surface area (Å²) in [6.45, 7) is 0. The number of para-hydroxylation sites is 1. The molecule has 3 heteroatoms. The third-order valence-electron chi connectivity index (χ3n) is 1.52. The number of hydrogen-bond acceptors (Lipinski definition) is 1. The van der Waals surface area contributed by atoms with Crippen LogP contribution in [0.3, 0.4) is 0 Å². The molecule has 0 N–H and O–H groups in total. The van der Waals surface area contributed by atoms with Gasteiger partial charge in [-0.15, -0.1) is 0 Å². The van der Waals surface area contributed by atoms with Crippen LogP contribution in [0.15, 0.2) is 36.7 Å². The topological polar surface area (TPSA) is 17.8 Å². The zero-order chi connectivity index (χ0) is 8.39. The molecule has 0 spiro atoms. The molecule has 2 nitrogen and oxygen atoms in total. The molecule has 0 aliphatic rings. The molecule has 1 aromatic carbocycles. The van der Waals surface area contributed by atoms with Gasteiger partial charge in [0.05, 0.1) is 10.7 Å². The second kappa shape index (κ2) is 2.99. The highest BCUT2D eigenvalue weighted by atomic mass is 35.5. The van der Waals surface area contributed by atoms with Crippen molar-refractivity contribution in [1.82, 2.24) is 9.78 Å². The van der Waals surface area contributed by atoms with Crippen LogP contribution in [0.25, 0.3) is 5.69 Å². The summed E-state index contributed by atoms with van der Waals surface area (Å²) in [5.74, 6) is 0. The van der Waals surface area contributed by atoms with E-state index in [4.69, 9.17) is 11.6 Å². The zero-order valence-electron chi connectivity index (χ0n) is 6.24. The van der Waals surface area contributed by atoms with Gasteiger partial charge in [-0.1, -0.05) is 23.7 Å². The van der Waals surface area contributed by atoms with E-state index in [0.717, 1.165) is 5.69 Å². The summed E-state index contributed by atoms with van der Waals surface area (Å²) in [6, 6.07) is 10.3. The highest BCUT2D eigenvalue weighted by molar-refractivity contribution is 6.32. The van der Waals surface area contributed by atoms with Gasteiger partial charge in [0, 0.05) is 18.5 Å². The quantitative estimate of drug-likeness (QED) is 0.654. The summed E-state index contributed by atoms with van der Waals surface area (Å²) >= 11 is 5.92. The van der Waals surface area contributed by atoms with Gasteiger partial charge in [-0.25, -0.2) is 4.68 Å². The normalized spacial score (nSPS) is 10.1. The van der Waals surface area contributed by atoms with Gasteiger partial charge >= 0.3 is 0 Å². The van der Waals surface area contributed by atoms with E-state index in [9.17, 15) is 0 Å². The number of aromatic nitrogens is 2. The van der Waals surface area contributed by atoms with Crippen molar-refractivity contribution in [2.24, 2.45) is 0 Å². The molecule has 2 rings (SSSR count). The molecule has 0 atom stereocenters. The summed E-state index contributed by atoms with van der Waals surface area (Å²) in [5, 5.41) is 4.70. The third-order valence-corrected chi connectivity index (χ3v) is 1.82. The Bertz CT molecular complexity index is 368. The molecular formula is C9H6ClN2. The van der Waals surface area contributed by atoms with E-state index >= 15 is 0 Å². The Labute approximate surface area is 75.4 Å². The number of halogens is 1. The van der Waals surface area contributed by atoms with Crippen molar-refractivity contribution in [2.45, 2.75) is 0 Å². The van der Waals surface area contributed by atoms with E-state index in [2.05, 4.69) is 11.2 Å². The number of benzene rings is 1. The molecule has 0 saturated heterocycles. The average molecular weight is 178 g/mol. The first-order chi connectivity index (χ1) is 5.88. The molecule has 1 aromatic heterocycles. The summed E-state index contributed by atoms with van der Waals surface area (Å²) in [7, 11) is 0. The molecule has 1 radical (unpaired) electrons. The average Bonchev–Trinajstić information content (AvgIpc) is 2.57. The minimum atomic E-state index is 0.654.